The van der Waals surface area contributed by atoms with Crippen LogP contribution in [0.5, 0.6) is 0 Å². The second-order valence-electron chi connectivity index (χ2n) is 7.71. The lowest BCUT2D eigenvalue weighted by Crippen LogP contribution is -2.50. The van der Waals surface area contributed by atoms with Crippen LogP contribution in [0.15, 0.2) is 42.9 Å². The Morgan fingerprint density at radius 1 is 1.18 bits per heavy atom. The highest BCUT2D eigenvalue weighted by Crippen LogP contribution is 2.34. The molecule has 2 aromatic heterocycles. The fourth-order valence-corrected chi connectivity index (χ4v) is 4.75. The van der Waals surface area contributed by atoms with Crippen molar-refractivity contribution in [1.29, 1.82) is 0 Å². The molecular formula is C22H26N4O2. The molecule has 6 rings (SSSR count). The highest BCUT2D eigenvalue weighted by molar-refractivity contribution is 5.94. The molecule has 0 spiro atoms. The number of benzene rings is 1. The summed E-state index contributed by atoms with van der Waals surface area (Å²) in [5.74, 6) is 2.02. The number of hydrogen-bond acceptors (Lipinski definition) is 4. The summed E-state index contributed by atoms with van der Waals surface area (Å²) in [6, 6.07) is 9.11. The van der Waals surface area contributed by atoms with Gasteiger partial charge in [-0.3, -0.25) is 14.7 Å². The highest BCUT2D eigenvalue weighted by Gasteiger charge is 2.33. The summed E-state index contributed by atoms with van der Waals surface area (Å²) < 4.78 is 2.36. The van der Waals surface area contributed by atoms with E-state index in [0.29, 0.717) is 6.04 Å². The van der Waals surface area contributed by atoms with E-state index in [2.05, 4.69) is 45.8 Å². The van der Waals surface area contributed by atoms with Gasteiger partial charge in [-0.1, -0.05) is 12.1 Å². The Kier molecular flexibility index (Phi) is 5.39. The smallest absolute Gasteiger partial charge is 0.290 e. The average molecular weight is 378 g/mol. The molecule has 0 amide bonds. The standard InChI is InChI=1S/C21H24N4.CH2O2/c1-15-4-5-19-18(3-2-8-22-19)20(15)21-23-9-12-25(21)14-17-13-16-6-10-24(17)11-7-16;2-1-3/h2-5,8-9,12,16-17H,6-7,10-11,13-14H2,1H3;1H,(H,2,3). The van der Waals surface area contributed by atoms with Crippen molar-refractivity contribution < 1.29 is 9.90 Å². The summed E-state index contributed by atoms with van der Waals surface area (Å²) in [5.41, 5.74) is 3.53. The van der Waals surface area contributed by atoms with E-state index in [1.54, 1.807) is 0 Å². The number of imidazole rings is 1. The molecule has 0 saturated carbocycles. The van der Waals surface area contributed by atoms with Crippen LogP contribution in [-0.4, -0.2) is 50.1 Å². The first-order valence-corrected chi connectivity index (χ1v) is 9.89. The number of rotatable bonds is 3. The van der Waals surface area contributed by atoms with E-state index in [4.69, 9.17) is 14.9 Å². The molecule has 3 aromatic rings. The molecule has 0 radical (unpaired) electrons. The third kappa shape index (κ3) is 3.52. The molecule has 1 atom stereocenters. The van der Waals surface area contributed by atoms with Crippen LogP contribution in [0.1, 0.15) is 24.8 Å². The van der Waals surface area contributed by atoms with E-state index in [0.717, 1.165) is 23.8 Å². The molecule has 28 heavy (non-hydrogen) atoms. The molecule has 1 aromatic carbocycles. The van der Waals surface area contributed by atoms with Gasteiger partial charge in [0.2, 0.25) is 0 Å². The Morgan fingerprint density at radius 3 is 2.68 bits per heavy atom. The quantitative estimate of drug-likeness (QED) is 0.705. The number of nitrogens with zero attached hydrogens (tertiary/aromatic N) is 4. The summed E-state index contributed by atoms with van der Waals surface area (Å²) in [7, 11) is 0. The van der Waals surface area contributed by atoms with E-state index >= 15 is 0 Å². The normalized spacial score (nSPS) is 23.2. The van der Waals surface area contributed by atoms with Crippen LogP contribution in [-0.2, 0) is 11.3 Å². The Balaban J connectivity index is 0.000000604. The van der Waals surface area contributed by atoms with E-state index < -0.39 is 0 Å². The first-order valence-electron chi connectivity index (χ1n) is 9.89. The number of carboxylic acid groups (broad SMARTS) is 1. The molecule has 6 nitrogen and oxygen atoms in total. The molecule has 1 N–H and O–H groups in total. The van der Waals surface area contributed by atoms with Crippen LogP contribution in [0.3, 0.4) is 0 Å². The first-order chi connectivity index (χ1) is 13.7. The van der Waals surface area contributed by atoms with Gasteiger partial charge >= 0.3 is 0 Å². The van der Waals surface area contributed by atoms with Crippen molar-refractivity contribution in [1.82, 2.24) is 19.4 Å². The summed E-state index contributed by atoms with van der Waals surface area (Å²) in [5, 5.41) is 8.08. The molecule has 3 aliphatic rings. The lowest BCUT2D eigenvalue weighted by atomic mass is 9.83. The van der Waals surface area contributed by atoms with Crippen molar-refractivity contribution in [2.45, 2.75) is 38.8 Å². The Morgan fingerprint density at radius 2 is 1.96 bits per heavy atom. The molecular weight excluding hydrogens is 352 g/mol. The maximum absolute atomic E-state index is 8.36. The van der Waals surface area contributed by atoms with Gasteiger partial charge in [-0.2, -0.15) is 0 Å². The number of aromatic nitrogens is 3. The highest BCUT2D eigenvalue weighted by atomic mass is 16.3. The maximum Gasteiger partial charge on any atom is 0.290 e. The van der Waals surface area contributed by atoms with Crippen molar-refractivity contribution in [2.24, 2.45) is 5.92 Å². The van der Waals surface area contributed by atoms with Crippen LogP contribution < -0.4 is 0 Å². The van der Waals surface area contributed by atoms with Crippen molar-refractivity contribution in [3.05, 3.63) is 48.4 Å². The maximum atomic E-state index is 8.36. The molecule has 2 bridgehead atoms. The molecule has 0 aliphatic carbocycles. The molecule has 3 fully saturated rings. The Labute approximate surface area is 164 Å². The zero-order valence-electron chi connectivity index (χ0n) is 16.2. The van der Waals surface area contributed by atoms with Gasteiger partial charge in [0.25, 0.3) is 6.47 Å². The van der Waals surface area contributed by atoms with E-state index in [9.17, 15) is 0 Å². The predicted molar refractivity (Wildman–Crippen MR) is 109 cm³/mol. The summed E-state index contributed by atoms with van der Waals surface area (Å²) in [6.07, 6.45) is 10.1. The summed E-state index contributed by atoms with van der Waals surface area (Å²) in [6.45, 7) is 5.52. The zero-order chi connectivity index (χ0) is 19.5. The first kappa shape index (κ1) is 18.6. The topological polar surface area (TPSA) is 71.2 Å². The largest absolute Gasteiger partial charge is 0.483 e. The van der Waals surface area contributed by atoms with Gasteiger partial charge in [0.1, 0.15) is 5.82 Å². The second-order valence-corrected chi connectivity index (χ2v) is 7.71. The van der Waals surface area contributed by atoms with Gasteiger partial charge in [0, 0.05) is 42.1 Å². The molecule has 5 heterocycles. The van der Waals surface area contributed by atoms with Gasteiger partial charge in [-0.15, -0.1) is 0 Å². The van der Waals surface area contributed by atoms with Gasteiger partial charge in [-0.25, -0.2) is 4.98 Å². The Bertz CT molecular complexity index is 960. The average Bonchev–Trinajstić information content (AvgIpc) is 3.17. The number of carbonyl (C=O) groups is 1. The van der Waals surface area contributed by atoms with Crippen molar-refractivity contribution in [3.8, 4) is 11.4 Å². The van der Waals surface area contributed by atoms with Gasteiger partial charge < -0.3 is 9.67 Å². The van der Waals surface area contributed by atoms with E-state index in [-0.39, 0.29) is 6.47 Å². The Hall–Kier alpha value is -2.73. The van der Waals surface area contributed by atoms with Crippen LogP contribution in [0.25, 0.3) is 22.3 Å². The number of piperidine rings is 3. The third-order valence-corrected chi connectivity index (χ3v) is 6.11. The molecule has 3 saturated heterocycles. The second kappa shape index (κ2) is 8.10. The van der Waals surface area contributed by atoms with E-state index in [1.165, 1.54) is 48.9 Å². The van der Waals surface area contributed by atoms with Crippen LogP contribution in [0.4, 0.5) is 0 Å². The molecule has 1 unspecified atom stereocenters. The lowest BCUT2D eigenvalue weighted by Gasteiger charge is -2.45. The number of pyridine rings is 1. The molecule has 3 aliphatic heterocycles. The van der Waals surface area contributed by atoms with Crippen LogP contribution in [0, 0.1) is 12.8 Å². The fraction of sp³-hybridized carbons (Fsp3) is 0.409. The van der Waals surface area contributed by atoms with Crippen molar-refractivity contribution in [3.63, 3.8) is 0 Å². The monoisotopic (exact) mass is 378 g/mol. The van der Waals surface area contributed by atoms with Crippen molar-refractivity contribution in [2.75, 3.05) is 13.1 Å². The van der Waals surface area contributed by atoms with E-state index in [1.807, 2.05) is 18.5 Å². The summed E-state index contributed by atoms with van der Waals surface area (Å²) in [4.78, 5) is 20.3. The predicted octanol–water partition coefficient (Wildman–Crippen LogP) is 3.59. The number of aryl methyl sites for hydroxylation is 1. The minimum atomic E-state index is -0.250. The van der Waals surface area contributed by atoms with Crippen LogP contribution in [0.2, 0.25) is 0 Å². The third-order valence-electron chi connectivity index (χ3n) is 6.11. The van der Waals surface area contributed by atoms with Gasteiger partial charge in [0.15, 0.2) is 0 Å². The lowest BCUT2D eigenvalue weighted by molar-refractivity contribution is -0.122. The minimum Gasteiger partial charge on any atom is -0.483 e. The summed E-state index contributed by atoms with van der Waals surface area (Å²) >= 11 is 0. The van der Waals surface area contributed by atoms with Gasteiger partial charge in [-0.05, 0) is 62.9 Å². The fourth-order valence-electron chi connectivity index (χ4n) is 4.75. The number of hydrogen-bond donors (Lipinski definition) is 1. The molecule has 146 valence electrons. The van der Waals surface area contributed by atoms with Crippen molar-refractivity contribution >= 4 is 17.4 Å². The van der Waals surface area contributed by atoms with Gasteiger partial charge in [0.05, 0.1) is 5.52 Å². The minimum absolute atomic E-state index is 0.250. The molecule has 6 heteroatoms. The van der Waals surface area contributed by atoms with Crippen LogP contribution >= 0.6 is 0 Å². The zero-order valence-corrected chi connectivity index (χ0v) is 16.2. The SMILES string of the molecule is Cc1ccc2ncccc2c1-c1nccn1CC1CC2CCN1CC2.O=CO. The number of fused-ring (bicyclic) bond motifs is 4.